The Labute approximate surface area is 164 Å². The molecule has 0 aliphatic rings. The number of halogens is 1. The van der Waals surface area contributed by atoms with Gasteiger partial charge >= 0.3 is 5.97 Å². The number of aryl methyl sites for hydroxylation is 3. The summed E-state index contributed by atoms with van der Waals surface area (Å²) in [6.07, 6.45) is 4.28. The second kappa shape index (κ2) is 10.0. The van der Waals surface area contributed by atoms with Gasteiger partial charge in [0.15, 0.2) is 10.8 Å². The van der Waals surface area contributed by atoms with Crippen molar-refractivity contribution in [1.29, 1.82) is 0 Å². The summed E-state index contributed by atoms with van der Waals surface area (Å²) in [5.41, 5.74) is 3.05. The summed E-state index contributed by atoms with van der Waals surface area (Å²) in [4.78, 5) is 24.7. The highest BCUT2D eigenvalue weighted by Crippen LogP contribution is 2.20. The molecule has 0 atom stereocenters. The predicted octanol–water partition coefficient (Wildman–Crippen LogP) is 4.49. The van der Waals surface area contributed by atoms with Gasteiger partial charge in [0, 0.05) is 13.0 Å². The van der Waals surface area contributed by atoms with Crippen molar-refractivity contribution < 1.29 is 9.53 Å². The molecule has 1 aromatic carbocycles. The number of methoxy groups -OCH3 is 1. The molecule has 2 heterocycles. The van der Waals surface area contributed by atoms with Gasteiger partial charge in [-0.05, 0) is 30.5 Å². The van der Waals surface area contributed by atoms with Crippen molar-refractivity contribution in [2.45, 2.75) is 46.6 Å². The lowest BCUT2D eigenvalue weighted by molar-refractivity contribution is 0.0600. The number of ether oxygens (including phenoxy) is 1. The van der Waals surface area contributed by atoms with Crippen LogP contribution in [0.25, 0.3) is 11.2 Å². The Morgan fingerprint density at radius 1 is 1.15 bits per heavy atom. The van der Waals surface area contributed by atoms with E-state index in [0.717, 1.165) is 36.3 Å². The SMILES string of the molecule is CC.CCCc1nc(Cl)c2ncn(CCc3ccc(C(=O)OC)cc3)c2n1. The summed E-state index contributed by atoms with van der Waals surface area (Å²) < 4.78 is 6.69. The van der Waals surface area contributed by atoms with E-state index in [2.05, 4.69) is 21.9 Å². The molecule has 0 spiro atoms. The molecule has 27 heavy (non-hydrogen) atoms. The zero-order valence-corrected chi connectivity index (χ0v) is 17.0. The molecule has 0 bridgehead atoms. The molecule has 144 valence electrons. The van der Waals surface area contributed by atoms with Gasteiger partial charge in [-0.2, -0.15) is 0 Å². The number of carbonyl (C=O) groups is 1. The van der Waals surface area contributed by atoms with Crippen LogP contribution in [0, 0.1) is 0 Å². The lowest BCUT2D eigenvalue weighted by Gasteiger charge is -2.06. The largest absolute Gasteiger partial charge is 0.465 e. The first kappa shape index (κ1) is 20.8. The number of hydrogen-bond donors (Lipinski definition) is 0. The van der Waals surface area contributed by atoms with Gasteiger partial charge in [-0.1, -0.05) is 44.5 Å². The summed E-state index contributed by atoms with van der Waals surface area (Å²) >= 11 is 6.22. The van der Waals surface area contributed by atoms with Crippen LogP contribution >= 0.6 is 11.6 Å². The molecule has 6 nitrogen and oxygen atoms in total. The van der Waals surface area contributed by atoms with Crippen LogP contribution in [0.4, 0.5) is 0 Å². The van der Waals surface area contributed by atoms with Crippen molar-refractivity contribution in [3.63, 3.8) is 0 Å². The molecule has 0 N–H and O–H groups in total. The highest BCUT2D eigenvalue weighted by Gasteiger charge is 2.12. The average molecular weight is 389 g/mol. The van der Waals surface area contributed by atoms with E-state index in [9.17, 15) is 4.79 Å². The number of imidazole rings is 1. The molecule has 0 aliphatic carbocycles. The fourth-order valence-corrected chi connectivity index (χ4v) is 2.86. The number of benzene rings is 1. The Morgan fingerprint density at radius 3 is 2.48 bits per heavy atom. The molecule has 0 radical (unpaired) electrons. The van der Waals surface area contributed by atoms with Crippen LogP contribution in [0.1, 0.15) is 48.9 Å². The Hall–Kier alpha value is -2.47. The zero-order valence-electron chi connectivity index (χ0n) is 16.2. The summed E-state index contributed by atoms with van der Waals surface area (Å²) in [7, 11) is 1.38. The zero-order chi connectivity index (χ0) is 19.8. The number of nitrogens with zero attached hydrogens (tertiary/aromatic N) is 4. The normalized spacial score (nSPS) is 10.4. The molecule has 3 aromatic rings. The van der Waals surface area contributed by atoms with Crippen molar-refractivity contribution >= 4 is 28.7 Å². The smallest absolute Gasteiger partial charge is 0.337 e. The van der Waals surface area contributed by atoms with Crippen molar-refractivity contribution in [2.24, 2.45) is 0 Å². The van der Waals surface area contributed by atoms with Crippen LogP contribution in [-0.2, 0) is 24.1 Å². The molecular formula is C20H25ClN4O2. The van der Waals surface area contributed by atoms with Gasteiger partial charge in [-0.3, -0.25) is 0 Å². The number of fused-ring (bicyclic) bond motifs is 1. The molecule has 7 heteroatoms. The van der Waals surface area contributed by atoms with Crippen molar-refractivity contribution in [3.8, 4) is 0 Å². The van der Waals surface area contributed by atoms with E-state index < -0.39 is 0 Å². The van der Waals surface area contributed by atoms with E-state index >= 15 is 0 Å². The maximum atomic E-state index is 11.5. The third-order valence-corrected chi connectivity index (χ3v) is 4.22. The second-order valence-electron chi connectivity index (χ2n) is 5.73. The van der Waals surface area contributed by atoms with E-state index in [-0.39, 0.29) is 5.97 Å². The number of hydrogen-bond acceptors (Lipinski definition) is 5. The second-order valence-corrected chi connectivity index (χ2v) is 6.09. The van der Waals surface area contributed by atoms with Gasteiger partial charge < -0.3 is 9.30 Å². The predicted molar refractivity (Wildman–Crippen MR) is 107 cm³/mol. The van der Waals surface area contributed by atoms with Crippen LogP contribution in [0.3, 0.4) is 0 Å². The quantitative estimate of drug-likeness (QED) is 0.459. The summed E-state index contributed by atoms with van der Waals surface area (Å²) in [5, 5.41) is 0.398. The van der Waals surface area contributed by atoms with Gasteiger partial charge in [-0.25, -0.2) is 19.7 Å². The standard InChI is InChI=1S/C18H19ClN4O2.C2H6/c1-3-4-14-21-16(19)15-17(22-14)23(11-20-15)10-9-12-5-7-13(8-6-12)18(24)25-2;1-2/h5-8,11H,3-4,9-10H2,1-2H3;1-2H3. The summed E-state index contributed by atoms with van der Waals surface area (Å²) in [6, 6.07) is 7.39. The van der Waals surface area contributed by atoms with Crippen molar-refractivity contribution in [2.75, 3.05) is 7.11 Å². The van der Waals surface area contributed by atoms with E-state index in [1.807, 2.05) is 30.5 Å². The van der Waals surface area contributed by atoms with E-state index in [0.29, 0.717) is 22.8 Å². The molecule has 2 aromatic heterocycles. The minimum Gasteiger partial charge on any atom is -0.465 e. The maximum Gasteiger partial charge on any atom is 0.337 e. The number of carbonyl (C=O) groups excluding carboxylic acids is 1. The third-order valence-electron chi connectivity index (χ3n) is 3.96. The Morgan fingerprint density at radius 2 is 1.85 bits per heavy atom. The van der Waals surface area contributed by atoms with E-state index in [4.69, 9.17) is 16.3 Å². The first-order valence-corrected chi connectivity index (χ1v) is 9.54. The Kier molecular flexibility index (Phi) is 7.73. The number of aromatic nitrogens is 4. The minimum absolute atomic E-state index is 0.332. The van der Waals surface area contributed by atoms with Crippen LogP contribution < -0.4 is 0 Å². The van der Waals surface area contributed by atoms with Gasteiger partial charge in [0.05, 0.1) is 19.0 Å². The summed E-state index contributed by atoms with van der Waals surface area (Å²) in [6.45, 7) is 6.80. The summed E-state index contributed by atoms with van der Waals surface area (Å²) in [5.74, 6) is 0.408. The molecule has 0 aliphatic heterocycles. The first-order chi connectivity index (χ1) is 13.1. The Bertz CT molecular complexity index is 891. The van der Waals surface area contributed by atoms with Crippen molar-refractivity contribution in [3.05, 3.63) is 52.7 Å². The van der Waals surface area contributed by atoms with Crippen LogP contribution in [0.15, 0.2) is 30.6 Å². The molecule has 3 rings (SSSR count). The number of rotatable bonds is 6. The van der Waals surface area contributed by atoms with Crippen LogP contribution in [-0.4, -0.2) is 32.6 Å². The van der Waals surface area contributed by atoms with E-state index in [1.54, 1.807) is 18.5 Å². The molecule has 0 unspecified atom stereocenters. The molecule has 0 amide bonds. The first-order valence-electron chi connectivity index (χ1n) is 9.17. The van der Waals surface area contributed by atoms with Crippen molar-refractivity contribution in [1.82, 2.24) is 19.5 Å². The van der Waals surface area contributed by atoms with Gasteiger partial charge in [0.1, 0.15) is 11.3 Å². The topological polar surface area (TPSA) is 69.9 Å². The number of esters is 1. The molecule has 0 saturated heterocycles. The molecule has 0 saturated carbocycles. The van der Waals surface area contributed by atoms with Crippen LogP contribution in [0.5, 0.6) is 0 Å². The average Bonchev–Trinajstić information content (AvgIpc) is 3.11. The van der Waals surface area contributed by atoms with Gasteiger partial charge in [-0.15, -0.1) is 0 Å². The lowest BCUT2D eigenvalue weighted by Crippen LogP contribution is -2.04. The Balaban J connectivity index is 0.00000126. The van der Waals surface area contributed by atoms with E-state index in [1.165, 1.54) is 7.11 Å². The maximum absolute atomic E-state index is 11.5. The molecular weight excluding hydrogens is 364 g/mol. The third kappa shape index (κ3) is 5.04. The minimum atomic E-state index is -0.332. The fourth-order valence-electron chi connectivity index (χ4n) is 2.63. The lowest BCUT2D eigenvalue weighted by atomic mass is 10.1. The highest BCUT2D eigenvalue weighted by atomic mass is 35.5. The fraction of sp³-hybridized carbons (Fsp3) is 0.400. The van der Waals surface area contributed by atoms with Gasteiger partial charge in [0.2, 0.25) is 0 Å². The monoisotopic (exact) mass is 388 g/mol. The van der Waals surface area contributed by atoms with Gasteiger partial charge in [0.25, 0.3) is 0 Å². The molecule has 0 fully saturated rings. The van der Waals surface area contributed by atoms with Crippen LogP contribution in [0.2, 0.25) is 5.15 Å². The highest BCUT2D eigenvalue weighted by molar-refractivity contribution is 6.33.